The molecule has 146 valence electrons. The Bertz CT molecular complexity index is 738. The predicted molar refractivity (Wildman–Crippen MR) is 97.8 cm³/mol. The van der Waals surface area contributed by atoms with Crippen molar-refractivity contribution >= 4 is 17.3 Å². The molecule has 1 aromatic rings. The zero-order chi connectivity index (χ0) is 19.2. The van der Waals surface area contributed by atoms with Crippen LogP contribution < -0.4 is 5.01 Å². The minimum atomic E-state index is -4.40. The van der Waals surface area contributed by atoms with Crippen LogP contribution in [0.2, 0.25) is 0 Å². The van der Waals surface area contributed by atoms with Gasteiger partial charge < -0.3 is 4.90 Å². The van der Waals surface area contributed by atoms with Gasteiger partial charge in [0.15, 0.2) is 0 Å². The summed E-state index contributed by atoms with van der Waals surface area (Å²) in [4.78, 5) is 14.3. The number of alkyl halides is 3. The third-order valence-corrected chi connectivity index (χ3v) is 6.08. The molecule has 2 heterocycles. The van der Waals surface area contributed by atoms with Crippen LogP contribution in [0.4, 0.5) is 18.9 Å². The van der Waals surface area contributed by atoms with Gasteiger partial charge in [-0.2, -0.15) is 18.3 Å². The average molecular weight is 379 g/mol. The first-order chi connectivity index (χ1) is 12.9. The molecular weight excluding hydrogens is 355 g/mol. The largest absolute Gasteiger partial charge is 0.431 e. The second-order valence-corrected chi connectivity index (χ2v) is 7.88. The highest BCUT2D eigenvalue weighted by Crippen LogP contribution is 2.44. The number of rotatable bonds is 2. The van der Waals surface area contributed by atoms with Crippen molar-refractivity contribution in [3.05, 3.63) is 29.8 Å². The van der Waals surface area contributed by atoms with Gasteiger partial charge in [-0.1, -0.05) is 13.3 Å². The molecule has 3 aliphatic rings. The number of carbonyl (C=O) groups is 1. The number of benzene rings is 1. The van der Waals surface area contributed by atoms with E-state index in [2.05, 4.69) is 5.10 Å². The van der Waals surface area contributed by atoms with E-state index in [0.29, 0.717) is 17.7 Å². The average Bonchev–Trinajstić information content (AvgIpc) is 3.29. The molecule has 1 aromatic carbocycles. The maximum Gasteiger partial charge on any atom is 0.431 e. The fourth-order valence-electron chi connectivity index (χ4n) is 4.72. The van der Waals surface area contributed by atoms with Gasteiger partial charge in [0.05, 0.1) is 11.7 Å². The lowest BCUT2D eigenvalue weighted by atomic mass is 9.76. The molecule has 3 unspecified atom stereocenters. The fourth-order valence-corrected chi connectivity index (χ4v) is 4.72. The van der Waals surface area contributed by atoms with Gasteiger partial charge >= 0.3 is 6.18 Å². The summed E-state index contributed by atoms with van der Waals surface area (Å²) in [6.07, 6.45) is -0.130. The topological polar surface area (TPSA) is 35.9 Å². The quantitative estimate of drug-likeness (QED) is 0.760. The van der Waals surface area contributed by atoms with Crippen molar-refractivity contribution in [2.24, 2.45) is 16.9 Å². The zero-order valence-corrected chi connectivity index (χ0v) is 15.4. The van der Waals surface area contributed by atoms with Gasteiger partial charge in [-0.25, -0.2) is 0 Å². The SMILES string of the molecule is CC1CCCC2C(C(F)(F)F)=NN(c3ccc(C(=O)N4CCCC4)cc3)C12. The van der Waals surface area contributed by atoms with Crippen molar-refractivity contribution in [3.63, 3.8) is 0 Å². The number of amides is 1. The van der Waals surface area contributed by atoms with E-state index in [4.69, 9.17) is 0 Å². The number of hydrogen-bond donors (Lipinski definition) is 0. The minimum absolute atomic E-state index is 0.0103. The maximum absolute atomic E-state index is 13.5. The minimum Gasteiger partial charge on any atom is -0.339 e. The van der Waals surface area contributed by atoms with E-state index in [9.17, 15) is 18.0 Å². The van der Waals surface area contributed by atoms with E-state index in [1.165, 1.54) is 0 Å². The Labute approximate surface area is 157 Å². The third kappa shape index (κ3) is 3.32. The van der Waals surface area contributed by atoms with E-state index >= 15 is 0 Å². The van der Waals surface area contributed by atoms with Crippen molar-refractivity contribution in [1.29, 1.82) is 0 Å². The summed E-state index contributed by atoms with van der Waals surface area (Å²) < 4.78 is 40.4. The van der Waals surface area contributed by atoms with Crippen molar-refractivity contribution in [1.82, 2.24) is 4.90 Å². The van der Waals surface area contributed by atoms with E-state index < -0.39 is 17.8 Å². The van der Waals surface area contributed by atoms with Gasteiger partial charge in [0.1, 0.15) is 5.71 Å². The Morgan fingerprint density at radius 3 is 2.37 bits per heavy atom. The molecule has 1 saturated heterocycles. The van der Waals surface area contributed by atoms with Crippen LogP contribution in [0.3, 0.4) is 0 Å². The van der Waals surface area contributed by atoms with Gasteiger partial charge in [-0.05, 0) is 55.9 Å². The Hall–Kier alpha value is -2.05. The molecule has 1 aliphatic carbocycles. The van der Waals surface area contributed by atoms with Gasteiger partial charge in [-0.3, -0.25) is 9.80 Å². The van der Waals surface area contributed by atoms with E-state index in [-0.39, 0.29) is 17.9 Å². The van der Waals surface area contributed by atoms with E-state index in [1.807, 2.05) is 11.8 Å². The maximum atomic E-state index is 13.5. The summed E-state index contributed by atoms with van der Waals surface area (Å²) in [7, 11) is 0. The van der Waals surface area contributed by atoms with Crippen LogP contribution in [0.1, 0.15) is 49.4 Å². The molecule has 2 fully saturated rings. The van der Waals surface area contributed by atoms with Crippen molar-refractivity contribution in [2.75, 3.05) is 18.1 Å². The summed E-state index contributed by atoms with van der Waals surface area (Å²) in [5.74, 6) is -0.443. The summed E-state index contributed by atoms with van der Waals surface area (Å²) >= 11 is 0. The number of hydrazone groups is 1. The molecule has 0 bridgehead atoms. The fraction of sp³-hybridized carbons (Fsp3) is 0.600. The number of hydrogen-bond acceptors (Lipinski definition) is 3. The lowest BCUT2D eigenvalue weighted by molar-refractivity contribution is -0.0631. The first kappa shape index (κ1) is 18.3. The van der Waals surface area contributed by atoms with E-state index in [1.54, 1.807) is 29.3 Å². The second kappa shape index (κ2) is 6.84. The van der Waals surface area contributed by atoms with Crippen LogP contribution in [0.5, 0.6) is 0 Å². The van der Waals surface area contributed by atoms with Crippen LogP contribution in [-0.4, -0.2) is 41.8 Å². The third-order valence-electron chi connectivity index (χ3n) is 6.08. The molecule has 0 N–H and O–H groups in total. The van der Waals surface area contributed by atoms with Crippen LogP contribution in [0.15, 0.2) is 29.4 Å². The standard InChI is InChI=1S/C20H24F3N3O/c1-13-5-4-6-16-17(13)26(24-18(16)20(21,22)23)15-9-7-14(8-10-15)19(27)25-11-2-3-12-25/h7-10,13,16-17H,2-6,11-12H2,1H3. The molecule has 0 aromatic heterocycles. The predicted octanol–water partition coefficient (Wildman–Crippen LogP) is 4.47. The molecule has 27 heavy (non-hydrogen) atoms. The number of carbonyl (C=O) groups excluding carboxylic acids is 1. The highest BCUT2D eigenvalue weighted by molar-refractivity contribution is 5.96. The number of anilines is 1. The molecule has 4 rings (SSSR count). The van der Waals surface area contributed by atoms with Crippen molar-refractivity contribution in [3.8, 4) is 0 Å². The summed E-state index contributed by atoms with van der Waals surface area (Å²) in [5.41, 5.74) is 0.542. The molecule has 3 atom stereocenters. The summed E-state index contributed by atoms with van der Waals surface area (Å²) in [6, 6.07) is 6.60. The van der Waals surface area contributed by atoms with Gasteiger partial charge in [0, 0.05) is 24.6 Å². The Kier molecular flexibility index (Phi) is 4.64. The second-order valence-electron chi connectivity index (χ2n) is 7.88. The lowest BCUT2D eigenvalue weighted by Gasteiger charge is -2.36. The molecule has 0 radical (unpaired) electrons. The molecule has 0 spiro atoms. The monoisotopic (exact) mass is 379 g/mol. The zero-order valence-electron chi connectivity index (χ0n) is 15.4. The molecule has 4 nitrogen and oxygen atoms in total. The Morgan fingerprint density at radius 1 is 1.07 bits per heavy atom. The Morgan fingerprint density at radius 2 is 1.74 bits per heavy atom. The van der Waals surface area contributed by atoms with Gasteiger partial charge in [-0.15, -0.1) is 0 Å². The van der Waals surface area contributed by atoms with Gasteiger partial charge in [0.25, 0.3) is 5.91 Å². The highest BCUT2D eigenvalue weighted by Gasteiger charge is 2.52. The number of fused-ring (bicyclic) bond motifs is 1. The van der Waals surface area contributed by atoms with Crippen molar-refractivity contribution < 1.29 is 18.0 Å². The van der Waals surface area contributed by atoms with Crippen LogP contribution >= 0.6 is 0 Å². The molecule has 2 aliphatic heterocycles. The van der Waals surface area contributed by atoms with E-state index in [0.717, 1.165) is 38.8 Å². The highest BCUT2D eigenvalue weighted by atomic mass is 19.4. The van der Waals surface area contributed by atoms with Crippen LogP contribution in [-0.2, 0) is 0 Å². The lowest BCUT2D eigenvalue weighted by Crippen LogP contribution is -2.43. The van der Waals surface area contributed by atoms with Crippen LogP contribution in [0, 0.1) is 11.8 Å². The number of likely N-dealkylation sites (tertiary alicyclic amines) is 1. The Balaban J connectivity index is 1.61. The number of nitrogens with zero attached hydrogens (tertiary/aromatic N) is 3. The van der Waals surface area contributed by atoms with Crippen LogP contribution in [0.25, 0.3) is 0 Å². The summed E-state index contributed by atoms with van der Waals surface area (Å²) in [5, 5.41) is 5.55. The molecule has 7 heteroatoms. The van der Waals surface area contributed by atoms with Crippen molar-refractivity contribution in [2.45, 2.75) is 51.2 Å². The molecular formula is C20H24F3N3O. The molecule has 1 saturated carbocycles. The first-order valence-electron chi connectivity index (χ1n) is 9.70. The number of halogens is 3. The smallest absolute Gasteiger partial charge is 0.339 e. The molecule has 1 amide bonds. The normalized spacial score (nSPS) is 28.3. The van der Waals surface area contributed by atoms with Gasteiger partial charge in [0.2, 0.25) is 0 Å². The first-order valence-corrected chi connectivity index (χ1v) is 9.70. The summed E-state index contributed by atoms with van der Waals surface area (Å²) in [6.45, 7) is 3.55.